The van der Waals surface area contributed by atoms with E-state index in [1.165, 1.54) is 12.1 Å². The minimum Gasteiger partial charge on any atom is -0.350 e. The molecule has 1 aromatic heterocycles. The largest absolute Gasteiger partial charge is 0.416 e. The van der Waals surface area contributed by atoms with Gasteiger partial charge in [-0.25, -0.2) is 0 Å². The zero-order valence-corrected chi connectivity index (χ0v) is 18.4. The van der Waals surface area contributed by atoms with Crippen molar-refractivity contribution in [1.29, 1.82) is 0 Å². The van der Waals surface area contributed by atoms with Gasteiger partial charge in [-0.3, -0.25) is 4.68 Å². The molecule has 0 radical (unpaired) electrons. The van der Waals surface area contributed by atoms with E-state index in [9.17, 15) is 13.2 Å². The van der Waals surface area contributed by atoms with Crippen molar-refractivity contribution in [1.82, 2.24) is 15.0 Å². The van der Waals surface area contributed by atoms with E-state index in [1.54, 1.807) is 10.9 Å². The van der Waals surface area contributed by atoms with Crippen LogP contribution in [0.15, 0.2) is 85.1 Å². The summed E-state index contributed by atoms with van der Waals surface area (Å²) in [4.78, 5) is 0.727. The van der Waals surface area contributed by atoms with Crippen molar-refractivity contribution in [2.75, 3.05) is 5.32 Å². The SMILES string of the molecule is FC(F)(F)c1ccc(-c2cn(CCCC(=S)Nc3ccc(-c4ccccc4)cc3)nn2)cc1. The van der Waals surface area contributed by atoms with E-state index in [0.29, 0.717) is 24.2 Å². The van der Waals surface area contributed by atoms with Crippen LogP contribution in [0.2, 0.25) is 0 Å². The maximum Gasteiger partial charge on any atom is 0.416 e. The standard InChI is InChI=1S/C25H21F3N4S/c26-25(27,28)21-12-8-20(9-13-21)23-17-32(31-30-23)16-4-7-24(33)29-22-14-10-19(11-15-22)18-5-2-1-3-6-18/h1-3,5-6,8-15,17H,4,7,16H2,(H,29,33). The summed E-state index contributed by atoms with van der Waals surface area (Å²) in [6, 6.07) is 23.2. The van der Waals surface area contributed by atoms with E-state index >= 15 is 0 Å². The number of nitrogens with one attached hydrogen (secondary N) is 1. The van der Waals surface area contributed by atoms with E-state index in [4.69, 9.17) is 12.2 Å². The average Bonchev–Trinajstić information content (AvgIpc) is 3.29. The van der Waals surface area contributed by atoms with Crippen molar-refractivity contribution in [2.24, 2.45) is 0 Å². The van der Waals surface area contributed by atoms with Gasteiger partial charge in [0.1, 0.15) is 5.69 Å². The van der Waals surface area contributed by atoms with E-state index in [1.807, 2.05) is 30.3 Å². The second-order valence-electron chi connectivity index (χ2n) is 7.54. The van der Waals surface area contributed by atoms with Gasteiger partial charge in [0.15, 0.2) is 0 Å². The highest BCUT2D eigenvalue weighted by molar-refractivity contribution is 7.80. The second kappa shape index (κ2) is 9.95. The lowest BCUT2D eigenvalue weighted by Gasteiger charge is -2.09. The fourth-order valence-corrected chi connectivity index (χ4v) is 3.63. The summed E-state index contributed by atoms with van der Waals surface area (Å²) in [7, 11) is 0. The lowest BCUT2D eigenvalue weighted by molar-refractivity contribution is -0.137. The number of aryl methyl sites for hydroxylation is 1. The summed E-state index contributed by atoms with van der Waals surface area (Å²) < 4.78 is 39.8. The van der Waals surface area contributed by atoms with Gasteiger partial charge in [0.25, 0.3) is 0 Å². The number of nitrogens with zero attached hydrogens (tertiary/aromatic N) is 3. The Balaban J connectivity index is 1.26. The monoisotopic (exact) mass is 466 g/mol. The van der Waals surface area contributed by atoms with Gasteiger partial charge in [0.2, 0.25) is 0 Å². The molecule has 0 saturated heterocycles. The minimum absolute atomic E-state index is 0.530. The smallest absolute Gasteiger partial charge is 0.350 e. The number of halogens is 3. The molecule has 0 spiro atoms. The molecule has 3 aromatic carbocycles. The third-order valence-electron chi connectivity index (χ3n) is 5.11. The summed E-state index contributed by atoms with van der Waals surface area (Å²) >= 11 is 5.45. The van der Waals surface area contributed by atoms with E-state index in [-0.39, 0.29) is 0 Å². The molecule has 4 rings (SSSR count). The molecule has 0 fully saturated rings. The second-order valence-corrected chi connectivity index (χ2v) is 8.03. The predicted molar refractivity (Wildman–Crippen MR) is 128 cm³/mol. The first kappa shape index (κ1) is 22.7. The Kier molecular flexibility index (Phi) is 6.84. The molecule has 0 atom stereocenters. The Morgan fingerprint density at radius 2 is 1.48 bits per heavy atom. The molecule has 0 aliphatic rings. The van der Waals surface area contributed by atoms with Gasteiger partial charge < -0.3 is 5.32 Å². The van der Waals surface area contributed by atoms with Crippen molar-refractivity contribution in [2.45, 2.75) is 25.6 Å². The van der Waals surface area contributed by atoms with Crippen LogP contribution in [0.1, 0.15) is 18.4 Å². The molecule has 0 aliphatic carbocycles. The number of hydrogen-bond acceptors (Lipinski definition) is 3. The Hall–Kier alpha value is -3.52. The van der Waals surface area contributed by atoms with Gasteiger partial charge in [0, 0.05) is 17.8 Å². The third kappa shape index (κ3) is 6.04. The van der Waals surface area contributed by atoms with Gasteiger partial charge in [-0.15, -0.1) is 5.10 Å². The molecule has 0 bridgehead atoms. The van der Waals surface area contributed by atoms with Crippen LogP contribution in [0, 0.1) is 0 Å². The zero-order chi connectivity index (χ0) is 23.3. The summed E-state index contributed by atoms with van der Waals surface area (Å²) in [6.07, 6.45) is -1.21. The summed E-state index contributed by atoms with van der Waals surface area (Å²) in [5.41, 5.74) is 3.67. The molecular formula is C25H21F3N4S. The van der Waals surface area contributed by atoms with Crippen LogP contribution in [0.3, 0.4) is 0 Å². The number of rotatable bonds is 7. The van der Waals surface area contributed by atoms with Gasteiger partial charge in [-0.05, 0) is 48.2 Å². The van der Waals surface area contributed by atoms with Crippen molar-refractivity contribution in [3.63, 3.8) is 0 Å². The first-order valence-electron chi connectivity index (χ1n) is 10.4. The maximum atomic E-state index is 12.7. The Morgan fingerprint density at radius 1 is 0.848 bits per heavy atom. The van der Waals surface area contributed by atoms with Crippen LogP contribution in [-0.4, -0.2) is 20.0 Å². The van der Waals surface area contributed by atoms with Gasteiger partial charge in [-0.2, -0.15) is 13.2 Å². The van der Waals surface area contributed by atoms with Crippen LogP contribution in [-0.2, 0) is 12.7 Å². The molecular weight excluding hydrogens is 445 g/mol. The number of benzene rings is 3. The average molecular weight is 467 g/mol. The Labute approximate surface area is 195 Å². The highest BCUT2D eigenvalue weighted by atomic mass is 32.1. The fourth-order valence-electron chi connectivity index (χ4n) is 3.37. The molecule has 0 unspecified atom stereocenters. The summed E-state index contributed by atoms with van der Waals surface area (Å²) in [6.45, 7) is 0.600. The van der Waals surface area contributed by atoms with Crippen molar-refractivity contribution >= 4 is 22.9 Å². The van der Waals surface area contributed by atoms with Crippen molar-refractivity contribution < 1.29 is 13.2 Å². The Bertz CT molecular complexity index is 1200. The van der Waals surface area contributed by atoms with Crippen LogP contribution in [0.25, 0.3) is 22.4 Å². The fraction of sp³-hybridized carbons (Fsp3) is 0.160. The van der Waals surface area contributed by atoms with Crippen LogP contribution in [0.4, 0.5) is 18.9 Å². The Morgan fingerprint density at radius 3 is 2.15 bits per heavy atom. The molecule has 33 heavy (non-hydrogen) atoms. The van der Waals surface area contributed by atoms with Crippen LogP contribution in [0.5, 0.6) is 0 Å². The number of aromatic nitrogens is 3. The molecule has 4 aromatic rings. The first-order valence-corrected chi connectivity index (χ1v) is 10.8. The number of alkyl halides is 3. The van der Waals surface area contributed by atoms with Crippen molar-refractivity contribution in [3.05, 3.63) is 90.6 Å². The molecule has 0 saturated carbocycles. The molecule has 0 aliphatic heterocycles. The zero-order valence-electron chi connectivity index (χ0n) is 17.6. The molecule has 1 heterocycles. The predicted octanol–water partition coefficient (Wildman–Crippen LogP) is 6.85. The van der Waals surface area contributed by atoms with E-state index in [2.05, 4.69) is 39.9 Å². The van der Waals surface area contributed by atoms with E-state index < -0.39 is 11.7 Å². The first-order chi connectivity index (χ1) is 15.9. The van der Waals surface area contributed by atoms with Crippen LogP contribution < -0.4 is 5.32 Å². The lowest BCUT2D eigenvalue weighted by Crippen LogP contribution is -2.10. The number of thiocarbonyl (C=S) groups is 1. The number of anilines is 1. The summed E-state index contributed by atoms with van der Waals surface area (Å²) in [5, 5.41) is 11.4. The van der Waals surface area contributed by atoms with Crippen LogP contribution >= 0.6 is 12.2 Å². The quantitative estimate of drug-likeness (QED) is 0.303. The molecule has 168 valence electrons. The topological polar surface area (TPSA) is 42.7 Å². The highest BCUT2D eigenvalue weighted by Crippen LogP contribution is 2.30. The number of hydrogen-bond donors (Lipinski definition) is 1. The molecule has 4 nitrogen and oxygen atoms in total. The highest BCUT2D eigenvalue weighted by Gasteiger charge is 2.30. The van der Waals surface area contributed by atoms with Gasteiger partial charge in [0.05, 0.1) is 16.7 Å². The molecule has 8 heteroatoms. The molecule has 1 N–H and O–H groups in total. The van der Waals surface area contributed by atoms with Gasteiger partial charge >= 0.3 is 6.18 Å². The summed E-state index contributed by atoms with van der Waals surface area (Å²) in [5.74, 6) is 0. The van der Waals surface area contributed by atoms with Gasteiger partial charge in [-0.1, -0.05) is 72.0 Å². The third-order valence-corrected chi connectivity index (χ3v) is 5.42. The normalized spacial score (nSPS) is 11.4. The maximum absolute atomic E-state index is 12.7. The van der Waals surface area contributed by atoms with E-state index in [0.717, 1.165) is 40.4 Å². The van der Waals surface area contributed by atoms with Crippen molar-refractivity contribution in [3.8, 4) is 22.4 Å². The lowest BCUT2D eigenvalue weighted by atomic mass is 10.1. The minimum atomic E-state index is -4.35. The molecule has 0 amide bonds.